The van der Waals surface area contributed by atoms with Crippen LogP contribution in [0.4, 0.5) is 15.1 Å². The summed E-state index contributed by atoms with van der Waals surface area (Å²) in [5, 5.41) is 15.1. The van der Waals surface area contributed by atoms with E-state index in [-0.39, 0.29) is 13.1 Å². The third-order valence-electron chi connectivity index (χ3n) is 3.58. The summed E-state index contributed by atoms with van der Waals surface area (Å²) < 4.78 is 20.9. The zero-order chi connectivity index (χ0) is 17.0. The summed E-state index contributed by atoms with van der Waals surface area (Å²) in [5.74, 6) is 0.385. The lowest BCUT2D eigenvalue weighted by molar-refractivity contribution is 0.0784. The number of hydrogen-bond donors (Lipinski definition) is 2. The summed E-state index contributed by atoms with van der Waals surface area (Å²) in [4.78, 5) is 16.4. The zero-order valence-electron chi connectivity index (χ0n) is 13.7. The van der Waals surface area contributed by atoms with Gasteiger partial charge in [-0.05, 0) is 6.04 Å². The molecule has 8 nitrogen and oxygen atoms in total. The molecule has 1 fully saturated rings. The van der Waals surface area contributed by atoms with Crippen molar-refractivity contribution in [3.63, 3.8) is 0 Å². The molecule has 1 aliphatic heterocycles. The van der Waals surface area contributed by atoms with Crippen LogP contribution in [0.5, 0.6) is 0 Å². The first kappa shape index (κ1) is 17.7. The van der Waals surface area contributed by atoms with Crippen molar-refractivity contribution >= 4 is 20.1 Å². The van der Waals surface area contributed by atoms with Crippen molar-refractivity contribution in [2.24, 2.45) is 0 Å². The van der Waals surface area contributed by atoms with E-state index in [9.17, 15) is 9.18 Å². The van der Waals surface area contributed by atoms with Crippen LogP contribution in [0.3, 0.4) is 0 Å². The highest BCUT2D eigenvalue weighted by molar-refractivity contribution is 6.76. The summed E-state index contributed by atoms with van der Waals surface area (Å²) in [5.41, 5.74) is 0. The Morgan fingerprint density at radius 3 is 2.91 bits per heavy atom. The lowest BCUT2D eigenvalue weighted by Gasteiger charge is -2.15. The summed E-state index contributed by atoms with van der Waals surface area (Å²) in [6.07, 6.45) is -0.963. The fourth-order valence-corrected chi connectivity index (χ4v) is 3.01. The van der Waals surface area contributed by atoms with E-state index in [1.165, 1.54) is 6.33 Å². The number of amides is 1. The van der Waals surface area contributed by atoms with Gasteiger partial charge in [0.1, 0.15) is 19.2 Å². The predicted molar refractivity (Wildman–Crippen MR) is 86.2 cm³/mol. The topological polar surface area (TPSA) is 92.5 Å². The first-order valence-electron chi connectivity index (χ1n) is 7.60. The molecule has 0 spiro atoms. The molecule has 0 aliphatic carbocycles. The average Bonchev–Trinajstić information content (AvgIpc) is 3.01. The summed E-state index contributed by atoms with van der Waals surface area (Å²) in [6, 6.07) is 0.319. The smallest absolute Gasteiger partial charge is 0.405 e. The lowest BCUT2D eigenvalue weighted by Crippen LogP contribution is -2.40. The largest absolute Gasteiger partial charge is 0.465 e. The van der Waals surface area contributed by atoms with Gasteiger partial charge in [-0.15, -0.1) is 5.10 Å². The highest BCUT2D eigenvalue weighted by atomic mass is 28.3. The number of nitrogens with zero attached hydrogens (tertiary/aromatic N) is 4. The Labute approximate surface area is 135 Å². The van der Waals surface area contributed by atoms with Crippen LogP contribution in [0.15, 0.2) is 6.33 Å². The summed E-state index contributed by atoms with van der Waals surface area (Å²) in [7, 11) is -1.12. The van der Waals surface area contributed by atoms with Crippen LogP contribution in [0.25, 0.3) is 0 Å². The number of aromatic nitrogens is 3. The molecule has 10 heteroatoms. The number of carboxylic acid groups (broad SMARTS) is 1. The van der Waals surface area contributed by atoms with Gasteiger partial charge in [0, 0.05) is 21.2 Å². The number of ether oxygens (including phenoxy) is 1. The molecule has 2 heterocycles. The van der Waals surface area contributed by atoms with E-state index in [4.69, 9.17) is 9.84 Å². The Morgan fingerprint density at radius 1 is 1.52 bits per heavy atom. The third kappa shape index (κ3) is 5.47. The van der Waals surface area contributed by atoms with E-state index in [1.807, 2.05) is 0 Å². The van der Waals surface area contributed by atoms with Gasteiger partial charge in [-0.1, -0.05) is 19.6 Å². The van der Waals surface area contributed by atoms with Gasteiger partial charge in [0.25, 0.3) is 0 Å². The Morgan fingerprint density at radius 2 is 2.26 bits per heavy atom. The summed E-state index contributed by atoms with van der Waals surface area (Å²) in [6.45, 7) is 8.14. The van der Waals surface area contributed by atoms with E-state index in [0.717, 1.165) is 6.04 Å². The van der Waals surface area contributed by atoms with Crippen molar-refractivity contribution in [2.75, 3.05) is 24.6 Å². The van der Waals surface area contributed by atoms with Crippen molar-refractivity contribution < 1.29 is 19.0 Å². The Bertz CT molecular complexity index is 536. The number of rotatable bonds is 7. The van der Waals surface area contributed by atoms with E-state index < -0.39 is 26.4 Å². The Balaban J connectivity index is 1.82. The average molecular weight is 345 g/mol. The fraction of sp³-hybridized carbons (Fsp3) is 0.769. The molecule has 1 aromatic rings. The quantitative estimate of drug-likeness (QED) is 0.573. The maximum atomic E-state index is 13.8. The lowest BCUT2D eigenvalue weighted by atomic mass is 10.2. The predicted octanol–water partition coefficient (Wildman–Crippen LogP) is 1.38. The van der Waals surface area contributed by atoms with Crippen LogP contribution < -0.4 is 10.2 Å². The van der Waals surface area contributed by atoms with Gasteiger partial charge in [-0.3, -0.25) is 0 Å². The van der Waals surface area contributed by atoms with E-state index >= 15 is 0 Å². The number of nitrogens with one attached hydrogen (secondary N) is 1. The molecule has 2 N–H and O–H groups in total. The van der Waals surface area contributed by atoms with Crippen molar-refractivity contribution in [1.82, 2.24) is 20.1 Å². The molecule has 130 valence electrons. The standard InChI is InChI=1S/C13H24FN5O3Si/c1-23(2,3)5-4-22-9-19-8-15-12(17-19)18-6-10(14)11(7-18)16-13(20)21/h8,10-11,16H,4-7,9H2,1-3H3,(H,20,21)/t10-,11-/m0/s1. The minimum absolute atomic E-state index is 0.0748. The molecule has 2 atom stereocenters. The molecule has 0 aromatic carbocycles. The number of hydrogen-bond acceptors (Lipinski definition) is 5. The maximum Gasteiger partial charge on any atom is 0.405 e. The molecule has 2 rings (SSSR count). The normalized spacial score (nSPS) is 21.7. The Hall–Kier alpha value is -1.68. The first-order chi connectivity index (χ1) is 10.7. The highest BCUT2D eigenvalue weighted by Crippen LogP contribution is 2.18. The maximum absolute atomic E-state index is 13.8. The van der Waals surface area contributed by atoms with Crippen molar-refractivity contribution in [2.45, 2.75) is 44.6 Å². The molecule has 0 bridgehead atoms. The van der Waals surface area contributed by atoms with Crippen LogP contribution in [-0.4, -0.2) is 65.9 Å². The number of alkyl halides is 1. The van der Waals surface area contributed by atoms with Gasteiger partial charge >= 0.3 is 6.09 Å². The zero-order valence-corrected chi connectivity index (χ0v) is 14.7. The Kier molecular flexibility index (Phi) is 5.58. The van der Waals surface area contributed by atoms with Crippen LogP contribution >= 0.6 is 0 Å². The van der Waals surface area contributed by atoms with E-state index in [2.05, 4.69) is 35.0 Å². The second-order valence-corrected chi connectivity index (χ2v) is 12.5. The molecule has 23 heavy (non-hydrogen) atoms. The fourth-order valence-electron chi connectivity index (χ4n) is 2.25. The highest BCUT2D eigenvalue weighted by Gasteiger charge is 2.35. The monoisotopic (exact) mass is 345 g/mol. The van der Waals surface area contributed by atoms with Gasteiger partial charge < -0.3 is 20.1 Å². The molecular formula is C13H24FN5O3Si. The molecule has 1 saturated heterocycles. The van der Waals surface area contributed by atoms with Crippen molar-refractivity contribution in [3.05, 3.63) is 6.33 Å². The first-order valence-corrected chi connectivity index (χ1v) is 11.3. The molecule has 1 aromatic heterocycles. The second kappa shape index (κ2) is 7.26. The SMILES string of the molecule is C[Si](C)(C)CCOCn1cnc(N2C[C@H](NC(=O)O)[C@@H](F)C2)n1. The van der Waals surface area contributed by atoms with Gasteiger partial charge in [0.15, 0.2) is 0 Å². The molecule has 0 unspecified atom stereocenters. The van der Waals surface area contributed by atoms with Gasteiger partial charge in [-0.2, -0.15) is 0 Å². The van der Waals surface area contributed by atoms with Gasteiger partial charge in [0.05, 0.1) is 12.6 Å². The molecular weight excluding hydrogens is 321 g/mol. The third-order valence-corrected chi connectivity index (χ3v) is 5.29. The minimum Gasteiger partial charge on any atom is -0.465 e. The number of carbonyl (C=O) groups is 1. The molecule has 0 saturated carbocycles. The molecule has 1 amide bonds. The number of anilines is 1. The van der Waals surface area contributed by atoms with Crippen LogP contribution in [0.2, 0.25) is 25.7 Å². The van der Waals surface area contributed by atoms with Crippen molar-refractivity contribution in [1.29, 1.82) is 0 Å². The molecule has 1 aliphatic rings. The second-order valence-electron chi connectivity index (χ2n) is 6.91. The number of halogens is 1. The van der Waals surface area contributed by atoms with Crippen LogP contribution in [0.1, 0.15) is 0 Å². The van der Waals surface area contributed by atoms with E-state index in [0.29, 0.717) is 19.3 Å². The van der Waals surface area contributed by atoms with Crippen LogP contribution in [0, 0.1) is 0 Å². The van der Waals surface area contributed by atoms with Gasteiger partial charge in [-0.25, -0.2) is 18.9 Å². The van der Waals surface area contributed by atoms with Gasteiger partial charge in [0.2, 0.25) is 5.95 Å². The van der Waals surface area contributed by atoms with Crippen LogP contribution in [-0.2, 0) is 11.5 Å². The van der Waals surface area contributed by atoms with Crippen molar-refractivity contribution in [3.8, 4) is 0 Å². The minimum atomic E-state index is -1.27. The molecule has 0 radical (unpaired) electrons. The van der Waals surface area contributed by atoms with E-state index in [1.54, 1.807) is 9.58 Å². The summed E-state index contributed by atoms with van der Waals surface area (Å²) >= 11 is 0.